The van der Waals surface area contributed by atoms with Crippen LogP contribution in [0.25, 0.3) is 6.08 Å². The highest BCUT2D eigenvalue weighted by atomic mass is 35.5. The Morgan fingerprint density at radius 1 is 1.06 bits per heavy atom. The summed E-state index contributed by atoms with van der Waals surface area (Å²) in [6, 6.07) is 18.8. The van der Waals surface area contributed by atoms with E-state index in [9.17, 15) is 9.18 Å². The third-order valence-electron chi connectivity index (χ3n) is 5.05. The van der Waals surface area contributed by atoms with Crippen LogP contribution in [0.3, 0.4) is 0 Å². The van der Waals surface area contributed by atoms with Crippen LogP contribution < -0.4 is 9.47 Å². The van der Waals surface area contributed by atoms with Gasteiger partial charge >= 0.3 is 0 Å². The van der Waals surface area contributed by atoms with E-state index >= 15 is 0 Å². The van der Waals surface area contributed by atoms with Crippen molar-refractivity contribution in [3.05, 3.63) is 93.6 Å². The van der Waals surface area contributed by atoms with Crippen molar-refractivity contribution in [3.8, 4) is 11.5 Å². The van der Waals surface area contributed by atoms with Gasteiger partial charge in [-0.15, -0.1) is 0 Å². The van der Waals surface area contributed by atoms with E-state index in [2.05, 4.69) is 4.99 Å². The van der Waals surface area contributed by atoms with E-state index < -0.39 is 0 Å². The smallest absolute Gasteiger partial charge is 0.266 e. The van der Waals surface area contributed by atoms with Crippen molar-refractivity contribution in [2.45, 2.75) is 13.5 Å². The van der Waals surface area contributed by atoms with Gasteiger partial charge in [0, 0.05) is 11.6 Å². The van der Waals surface area contributed by atoms with Crippen molar-refractivity contribution in [2.24, 2.45) is 4.99 Å². The molecule has 0 atom stereocenters. The summed E-state index contributed by atoms with van der Waals surface area (Å²) in [5.74, 6) is 0.696. The minimum atomic E-state index is -0.332. The van der Waals surface area contributed by atoms with Crippen LogP contribution in [0.2, 0.25) is 5.02 Å². The zero-order chi connectivity index (χ0) is 24.1. The number of amides is 1. The Kier molecular flexibility index (Phi) is 7.55. The molecule has 1 aliphatic rings. The summed E-state index contributed by atoms with van der Waals surface area (Å²) in [4.78, 5) is 19.6. The molecule has 0 N–H and O–H groups in total. The normalized spacial score (nSPS) is 15.9. The Morgan fingerprint density at radius 3 is 2.47 bits per heavy atom. The van der Waals surface area contributed by atoms with Crippen molar-refractivity contribution in [2.75, 3.05) is 13.7 Å². The molecule has 1 amide bonds. The Morgan fingerprint density at radius 2 is 1.79 bits per heavy atom. The van der Waals surface area contributed by atoms with E-state index in [0.717, 1.165) is 11.1 Å². The third-order valence-corrected chi connectivity index (χ3v) is 6.31. The fourth-order valence-corrected chi connectivity index (χ4v) is 4.47. The van der Waals surface area contributed by atoms with Crippen LogP contribution in [-0.4, -0.2) is 29.6 Å². The maximum Gasteiger partial charge on any atom is 0.266 e. The maximum absolute atomic E-state index is 13.2. The van der Waals surface area contributed by atoms with Crippen LogP contribution in [0, 0.1) is 5.82 Å². The summed E-state index contributed by atoms with van der Waals surface area (Å²) >= 11 is 7.21. The van der Waals surface area contributed by atoms with Gasteiger partial charge in [0.2, 0.25) is 0 Å². The Balaban J connectivity index is 1.53. The lowest BCUT2D eigenvalue weighted by atomic mass is 10.1. The lowest BCUT2D eigenvalue weighted by molar-refractivity contribution is -0.122. The molecule has 174 valence electrons. The number of amidine groups is 1. The van der Waals surface area contributed by atoms with Gasteiger partial charge in [-0.3, -0.25) is 9.69 Å². The summed E-state index contributed by atoms with van der Waals surface area (Å²) in [6.45, 7) is 2.73. The van der Waals surface area contributed by atoms with E-state index in [1.807, 2.05) is 49.4 Å². The molecule has 5 nitrogen and oxygen atoms in total. The van der Waals surface area contributed by atoms with Crippen molar-refractivity contribution < 1.29 is 18.7 Å². The van der Waals surface area contributed by atoms with E-state index in [1.54, 1.807) is 30.2 Å². The second-order valence-corrected chi connectivity index (χ2v) is 8.80. The maximum atomic E-state index is 13.2. The molecular formula is C26H22ClFN2O3S. The molecule has 8 heteroatoms. The second kappa shape index (κ2) is 10.8. The van der Waals surface area contributed by atoms with Gasteiger partial charge in [-0.25, -0.2) is 9.38 Å². The van der Waals surface area contributed by atoms with Gasteiger partial charge in [0.25, 0.3) is 5.91 Å². The first-order valence-corrected chi connectivity index (χ1v) is 11.8. The molecule has 1 fully saturated rings. The molecule has 0 spiro atoms. The van der Waals surface area contributed by atoms with Crippen LogP contribution in [0.1, 0.15) is 18.1 Å². The third kappa shape index (κ3) is 5.61. The number of likely N-dealkylation sites (N-methyl/N-ethyl adjacent to an activating group) is 1. The fourth-order valence-electron chi connectivity index (χ4n) is 3.28. The van der Waals surface area contributed by atoms with Gasteiger partial charge in [-0.2, -0.15) is 0 Å². The number of aliphatic imine (C=N–C) groups is 1. The van der Waals surface area contributed by atoms with E-state index in [0.29, 0.717) is 45.4 Å². The number of carbonyl (C=O) groups excluding carboxylic acids is 1. The lowest BCUT2D eigenvalue weighted by Crippen LogP contribution is -2.28. The van der Waals surface area contributed by atoms with Gasteiger partial charge in [-0.1, -0.05) is 29.8 Å². The zero-order valence-corrected chi connectivity index (χ0v) is 20.2. The van der Waals surface area contributed by atoms with Gasteiger partial charge in [0.05, 0.1) is 17.7 Å². The minimum absolute atomic E-state index is 0.129. The summed E-state index contributed by atoms with van der Waals surface area (Å²) in [7, 11) is 1.57. The summed E-state index contributed by atoms with van der Waals surface area (Å²) in [5, 5.41) is 1.23. The number of rotatable bonds is 7. The first-order chi connectivity index (χ1) is 16.5. The second-order valence-electron chi connectivity index (χ2n) is 7.36. The van der Waals surface area contributed by atoms with E-state index in [-0.39, 0.29) is 11.7 Å². The SMILES string of the molecule is CCN1C(=O)/C(=C\c2ccc(OCc3ccc(Cl)cc3)c(OC)c2)SC1=Nc1ccc(F)cc1. The first kappa shape index (κ1) is 23.9. The zero-order valence-electron chi connectivity index (χ0n) is 18.6. The summed E-state index contributed by atoms with van der Waals surface area (Å²) < 4.78 is 24.6. The topological polar surface area (TPSA) is 51.1 Å². The number of thioether (sulfide) groups is 1. The predicted molar refractivity (Wildman–Crippen MR) is 135 cm³/mol. The Bertz CT molecular complexity index is 1240. The average molecular weight is 497 g/mol. The van der Waals surface area contributed by atoms with Crippen LogP contribution in [0.5, 0.6) is 11.5 Å². The molecule has 0 aliphatic carbocycles. The van der Waals surface area contributed by atoms with E-state index in [4.69, 9.17) is 21.1 Å². The van der Waals surface area contributed by atoms with E-state index in [1.165, 1.54) is 23.9 Å². The number of hydrogen-bond donors (Lipinski definition) is 0. The molecule has 1 heterocycles. The Labute approximate surface area is 206 Å². The molecular weight excluding hydrogens is 475 g/mol. The van der Waals surface area contributed by atoms with Crippen LogP contribution in [0.4, 0.5) is 10.1 Å². The van der Waals surface area contributed by atoms with Crippen molar-refractivity contribution in [3.63, 3.8) is 0 Å². The summed E-state index contributed by atoms with van der Waals surface area (Å²) in [5.41, 5.74) is 2.36. The molecule has 0 saturated carbocycles. The number of ether oxygens (including phenoxy) is 2. The number of carbonyl (C=O) groups is 1. The largest absolute Gasteiger partial charge is 0.493 e. The molecule has 4 rings (SSSR count). The number of nitrogens with zero attached hydrogens (tertiary/aromatic N) is 2. The predicted octanol–water partition coefficient (Wildman–Crippen LogP) is 6.69. The highest BCUT2D eigenvalue weighted by molar-refractivity contribution is 8.18. The van der Waals surface area contributed by atoms with Crippen molar-refractivity contribution in [1.29, 1.82) is 0 Å². The molecule has 0 radical (unpaired) electrons. The quantitative estimate of drug-likeness (QED) is 0.342. The number of benzene rings is 3. The van der Waals surface area contributed by atoms with Gasteiger partial charge in [-0.05, 0) is 84.4 Å². The van der Waals surface area contributed by atoms with Crippen molar-refractivity contribution in [1.82, 2.24) is 4.90 Å². The molecule has 3 aromatic rings. The van der Waals surface area contributed by atoms with Crippen LogP contribution in [-0.2, 0) is 11.4 Å². The lowest BCUT2D eigenvalue weighted by Gasteiger charge is -2.12. The van der Waals surface area contributed by atoms with Gasteiger partial charge in [0.1, 0.15) is 12.4 Å². The molecule has 0 bridgehead atoms. The minimum Gasteiger partial charge on any atom is -0.493 e. The fraction of sp³-hybridized carbons (Fsp3) is 0.154. The van der Waals surface area contributed by atoms with Crippen LogP contribution >= 0.6 is 23.4 Å². The van der Waals surface area contributed by atoms with Crippen molar-refractivity contribution >= 4 is 46.2 Å². The molecule has 3 aromatic carbocycles. The highest BCUT2D eigenvalue weighted by Gasteiger charge is 2.32. The monoisotopic (exact) mass is 496 g/mol. The molecule has 0 unspecified atom stereocenters. The Hall–Kier alpha value is -3.29. The molecule has 1 saturated heterocycles. The molecule has 0 aromatic heterocycles. The highest BCUT2D eigenvalue weighted by Crippen LogP contribution is 2.36. The first-order valence-electron chi connectivity index (χ1n) is 10.6. The number of halogens is 2. The van der Waals surface area contributed by atoms with Crippen LogP contribution in [0.15, 0.2) is 76.6 Å². The molecule has 34 heavy (non-hydrogen) atoms. The standard InChI is InChI=1S/C26H22ClFN2O3S/c1-3-30-25(31)24(34-26(30)29-21-11-9-20(28)10-12-21)15-18-6-13-22(23(14-18)32-2)33-16-17-4-7-19(27)8-5-17/h4-15H,3,16H2,1-2H3/b24-15+,29-26?. The number of hydrogen-bond acceptors (Lipinski definition) is 5. The van der Waals surface area contributed by atoms with Gasteiger partial charge in [0.15, 0.2) is 16.7 Å². The van der Waals surface area contributed by atoms with Gasteiger partial charge < -0.3 is 9.47 Å². The summed E-state index contributed by atoms with van der Waals surface area (Å²) in [6.07, 6.45) is 1.80. The average Bonchev–Trinajstić information content (AvgIpc) is 3.14. The number of methoxy groups -OCH3 is 1. The molecule has 1 aliphatic heterocycles.